The molecule has 1 aliphatic heterocycles. The average Bonchev–Trinajstić information content (AvgIpc) is 2.49. The highest BCUT2D eigenvalue weighted by molar-refractivity contribution is 5.18. The fourth-order valence-corrected chi connectivity index (χ4v) is 2.81. The van der Waals surface area contributed by atoms with Gasteiger partial charge in [-0.25, -0.2) is 0 Å². The van der Waals surface area contributed by atoms with E-state index in [0.717, 1.165) is 13.1 Å². The average molecular weight is 260 g/mol. The molecule has 1 aromatic carbocycles. The molecule has 0 radical (unpaired) electrons. The summed E-state index contributed by atoms with van der Waals surface area (Å²) in [5, 5.41) is 3.59. The van der Waals surface area contributed by atoms with Gasteiger partial charge in [0.05, 0.1) is 0 Å². The van der Waals surface area contributed by atoms with Crippen molar-refractivity contribution >= 4 is 0 Å². The van der Waals surface area contributed by atoms with Crippen LogP contribution in [0.2, 0.25) is 0 Å². The van der Waals surface area contributed by atoms with Gasteiger partial charge in [0.15, 0.2) is 0 Å². The second-order valence-electron chi connectivity index (χ2n) is 5.75. The molecule has 1 aromatic rings. The lowest BCUT2D eigenvalue weighted by Gasteiger charge is -2.26. The molecule has 0 spiro atoms. The summed E-state index contributed by atoms with van der Waals surface area (Å²) in [6.45, 7) is 8.43. The minimum atomic E-state index is 0.656. The summed E-state index contributed by atoms with van der Waals surface area (Å²) >= 11 is 0. The van der Waals surface area contributed by atoms with Crippen LogP contribution >= 0.6 is 0 Å². The van der Waals surface area contributed by atoms with Crippen molar-refractivity contribution in [1.29, 1.82) is 0 Å². The van der Waals surface area contributed by atoms with Crippen LogP contribution in [-0.2, 0) is 0 Å². The molecule has 1 heterocycles. The second-order valence-corrected chi connectivity index (χ2v) is 5.75. The van der Waals surface area contributed by atoms with Crippen LogP contribution in [0.15, 0.2) is 30.3 Å². The molecule has 1 aliphatic rings. The maximum atomic E-state index is 3.59. The van der Waals surface area contributed by atoms with E-state index >= 15 is 0 Å². The summed E-state index contributed by atoms with van der Waals surface area (Å²) in [5.41, 5.74) is 1.46. The number of hydrogen-bond acceptors (Lipinski definition) is 2. The highest BCUT2D eigenvalue weighted by atomic mass is 15.1. The van der Waals surface area contributed by atoms with Crippen molar-refractivity contribution in [2.24, 2.45) is 0 Å². The summed E-state index contributed by atoms with van der Waals surface area (Å²) in [5.74, 6) is 0.656. The van der Waals surface area contributed by atoms with Gasteiger partial charge in [0, 0.05) is 13.1 Å². The number of piperidine rings is 1. The Hall–Kier alpha value is -0.860. The first-order valence-corrected chi connectivity index (χ1v) is 7.84. The predicted molar refractivity (Wildman–Crippen MR) is 82.6 cm³/mol. The highest BCUT2D eigenvalue weighted by Gasteiger charge is 2.09. The first kappa shape index (κ1) is 14.5. The van der Waals surface area contributed by atoms with Crippen LogP contribution in [0.5, 0.6) is 0 Å². The van der Waals surface area contributed by atoms with Crippen molar-refractivity contribution in [3.8, 4) is 0 Å². The summed E-state index contributed by atoms with van der Waals surface area (Å²) in [4.78, 5) is 2.59. The van der Waals surface area contributed by atoms with Crippen LogP contribution in [0.4, 0.5) is 0 Å². The third kappa shape index (κ3) is 5.33. The minimum absolute atomic E-state index is 0.656. The largest absolute Gasteiger partial charge is 0.315 e. The van der Waals surface area contributed by atoms with E-state index in [2.05, 4.69) is 47.5 Å². The Labute approximate surface area is 118 Å². The molecular formula is C17H28N2. The molecule has 2 rings (SSSR count). The van der Waals surface area contributed by atoms with Gasteiger partial charge >= 0.3 is 0 Å². The molecule has 1 unspecified atom stereocenters. The molecule has 0 saturated carbocycles. The zero-order chi connectivity index (χ0) is 13.3. The molecule has 0 amide bonds. The topological polar surface area (TPSA) is 15.3 Å². The Bertz CT molecular complexity index is 330. The molecule has 2 nitrogen and oxygen atoms in total. The van der Waals surface area contributed by atoms with Gasteiger partial charge in [-0.15, -0.1) is 0 Å². The molecule has 0 aliphatic carbocycles. The molecule has 1 saturated heterocycles. The van der Waals surface area contributed by atoms with Crippen molar-refractivity contribution < 1.29 is 0 Å². The third-order valence-corrected chi connectivity index (χ3v) is 4.18. The summed E-state index contributed by atoms with van der Waals surface area (Å²) in [7, 11) is 0. The third-order valence-electron chi connectivity index (χ3n) is 4.18. The summed E-state index contributed by atoms with van der Waals surface area (Å²) < 4.78 is 0. The van der Waals surface area contributed by atoms with Crippen molar-refractivity contribution in [3.63, 3.8) is 0 Å². The SMILES string of the molecule is CC(CCNCCN1CCCCC1)c1ccccc1. The van der Waals surface area contributed by atoms with E-state index in [9.17, 15) is 0 Å². The first-order chi connectivity index (χ1) is 9.36. The van der Waals surface area contributed by atoms with Crippen LogP contribution in [0.25, 0.3) is 0 Å². The van der Waals surface area contributed by atoms with Crippen LogP contribution < -0.4 is 5.32 Å². The standard InChI is InChI=1S/C17H28N2/c1-16(17-8-4-2-5-9-17)10-11-18-12-15-19-13-6-3-7-14-19/h2,4-5,8-9,16,18H,3,6-7,10-15H2,1H3. The number of rotatable bonds is 7. The Morgan fingerprint density at radius 3 is 2.53 bits per heavy atom. The lowest BCUT2D eigenvalue weighted by atomic mass is 9.98. The molecule has 0 bridgehead atoms. The molecule has 106 valence electrons. The van der Waals surface area contributed by atoms with E-state index in [1.54, 1.807) is 0 Å². The molecule has 1 N–H and O–H groups in total. The molecule has 0 aromatic heterocycles. The van der Waals surface area contributed by atoms with Crippen molar-refractivity contribution in [1.82, 2.24) is 10.2 Å². The van der Waals surface area contributed by atoms with Gasteiger partial charge in [-0.3, -0.25) is 0 Å². The van der Waals surface area contributed by atoms with Gasteiger partial charge in [0.2, 0.25) is 0 Å². The summed E-state index contributed by atoms with van der Waals surface area (Å²) in [6, 6.07) is 10.8. The number of benzene rings is 1. The zero-order valence-corrected chi connectivity index (χ0v) is 12.3. The van der Waals surface area contributed by atoms with Crippen LogP contribution in [0, 0.1) is 0 Å². The Morgan fingerprint density at radius 2 is 1.79 bits per heavy atom. The first-order valence-electron chi connectivity index (χ1n) is 7.84. The van der Waals surface area contributed by atoms with E-state index in [1.807, 2.05) is 0 Å². The minimum Gasteiger partial charge on any atom is -0.315 e. The fourth-order valence-electron chi connectivity index (χ4n) is 2.81. The highest BCUT2D eigenvalue weighted by Crippen LogP contribution is 2.17. The molecule has 19 heavy (non-hydrogen) atoms. The number of nitrogens with one attached hydrogen (secondary N) is 1. The zero-order valence-electron chi connectivity index (χ0n) is 12.3. The lowest BCUT2D eigenvalue weighted by Crippen LogP contribution is -2.36. The monoisotopic (exact) mass is 260 g/mol. The fraction of sp³-hybridized carbons (Fsp3) is 0.647. The molecule has 1 atom stereocenters. The van der Waals surface area contributed by atoms with Gasteiger partial charge < -0.3 is 10.2 Å². The van der Waals surface area contributed by atoms with Crippen molar-refractivity contribution in [2.45, 2.75) is 38.5 Å². The maximum absolute atomic E-state index is 3.59. The predicted octanol–water partition coefficient (Wildman–Crippen LogP) is 3.26. The van der Waals surface area contributed by atoms with E-state index < -0.39 is 0 Å². The van der Waals surface area contributed by atoms with Crippen molar-refractivity contribution in [2.75, 3.05) is 32.7 Å². The van der Waals surface area contributed by atoms with E-state index in [1.165, 1.54) is 50.9 Å². The van der Waals surface area contributed by atoms with E-state index in [0.29, 0.717) is 5.92 Å². The van der Waals surface area contributed by atoms with E-state index in [4.69, 9.17) is 0 Å². The van der Waals surface area contributed by atoms with Gasteiger partial charge in [0.25, 0.3) is 0 Å². The Kier molecular flexibility index (Phi) is 6.38. The van der Waals surface area contributed by atoms with E-state index in [-0.39, 0.29) is 0 Å². The molecule has 1 fully saturated rings. The van der Waals surface area contributed by atoms with Crippen LogP contribution in [-0.4, -0.2) is 37.6 Å². The smallest absolute Gasteiger partial charge is 0.0107 e. The second kappa shape index (κ2) is 8.34. The van der Waals surface area contributed by atoms with Crippen LogP contribution in [0.3, 0.4) is 0 Å². The normalized spacial score (nSPS) is 18.4. The van der Waals surface area contributed by atoms with Gasteiger partial charge in [0.1, 0.15) is 0 Å². The maximum Gasteiger partial charge on any atom is 0.0107 e. The van der Waals surface area contributed by atoms with Gasteiger partial charge in [-0.2, -0.15) is 0 Å². The quantitative estimate of drug-likeness (QED) is 0.757. The number of likely N-dealkylation sites (tertiary alicyclic amines) is 1. The Balaban J connectivity index is 1.54. The van der Waals surface area contributed by atoms with Gasteiger partial charge in [-0.1, -0.05) is 43.7 Å². The molecular weight excluding hydrogens is 232 g/mol. The number of nitrogens with zero attached hydrogens (tertiary/aromatic N) is 1. The van der Waals surface area contributed by atoms with Crippen LogP contribution in [0.1, 0.15) is 44.1 Å². The van der Waals surface area contributed by atoms with Crippen molar-refractivity contribution in [3.05, 3.63) is 35.9 Å². The lowest BCUT2D eigenvalue weighted by molar-refractivity contribution is 0.229. The number of hydrogen-bond donors (Lipinski definition) is 1. The molecule has 2 heteroatoms. The van der Waals surface area contributed by atoms with Gasteiger partial charge in [-0.05, 0) is 50.4 Å². The summed E-state index contributed by atoms with van der Waals surface area (Å²) in [6.07, 6.45) is 5.44. The Morgan fingerprint density at radius 1 is 1.05 bits per heavy atom.